The first kappa shape index (κ1) is 9.27. The molecule has 0 spiro atoms. The fraction of sp³-hybridized carbons (Fsp3) is 0.250. The summed E-state index contributed by atoms with van der Waals surface area (Å²) in [6.45, 7) is 2.69. The topological polar surface area (TPSA) is 47.3 Å². The van der Waals surface area contributed by atoms with Gasteiger partial charge >= 0.3 is 0 Å². The van der Waals surface area contributed by atoms with Gasteiger partial charge in [0.1, 0.15) is 5.75 Å². The van der Waals surface area contributed by atoms with Gasteiger partial charge in [-0.2, -0.15) is 0 Å². The Bertz CT molecular complexity index is 546. The third-order valence-electron chi connectivity index (χ3n) is 2.92. The minimum absolute atomic E-state index is 0.734. The van der Waals surface area contributed by atoms with Gasteiger partial charge in [0.15, 0.2) is 5.76 Å². The molecule has 4 heteroatoms. The number of anilines is 1. The lowest BCUT2D eigenvalue weighted by molar-refractivity contribution is 0.414. The van der Waals surface area contributed by atoms with Gasteiger partial charge in [-0.25, -0.2) is 0 Å². The van der Waals surface area contributed by atoms with Gasteiger partial charge in [-0.05, 0) is 19.1 Å². The first-order valence-electron chi connectivity index (χ1n) is 5.17. The molecular formula is C12H12N2O2. The van der Waals surface area contributed by atoms with Crippen molar-refractivity contribution in [2.75, 3.05) is 12.4 Å². The summed E-state index contributed by atoms with van der Waals surface area (Å²) in [5, 5.41) is 7.34. The van der Waals surface area contributed by atoms with Gasteiger partial charge in [0.05, 0.1) is 18.5 Å². The highest BCUT2D eigenvalue weighted by atomic mass is 16.5. The maximum absolute atomic E-state index is 5.37. The molecule has 2 heterocycles. The summed E-state index contributed by atoms with van der Waals surface area (Å²) < 4.78 is 10.7. The van der Waals surface area contributed by atoms with Gasteiger partial charge in [-0.1, -0.05) is 11.2 Å². The number of aryl methyl sites for hydroxylation is 1. The molecule has 1 aromatic heterocycles. The average Bonchev–Trinajstić information content (AvgIpc) is 2.70. The number of aromatic nitrogens is 1. The van der Waals surface area contributed by atoms with Gasteiger partial charge in [-0.15, -0.1) is 0 Å². The van der Waals surface area contributed by atoms with Crippen LogP contribution in [0.2, 0.25) is 0 Å². The molecule has 1 aliphatic rings. The van der Waals surface area contributed by atoms with Crippen LogP contribution in [0.5, 0.6) is 5.75 Å². The number of nitrogens with zero attached hydrogens (tertiary/aromatic N) is 1. The van der Waals surface area contributed by atoms with Gasteiger partial charge in [0.25, 0.3) is 0 Å². The lowest BCUT2D eigenvalue weighted by atomic mass is 10.0. The third-order valence-corrected chi connectivity index (χ3v) is 2.92. The summed E-state index contributed by atoms with van der Waals surface area (Å²) in [5.74, 6) is 1.68. The molecule has 1 aliphatic heterocycles. The predicted molar refractivity (Wildman–Crippen MR) is 60.6 cm³/mol. The van der Waals surface area contributed by atoms with E-state index in [2.05, 4.69) is 10.5 Å². The molecule has 0 bridgehead atoms. The number of hydrogen-bond acceptors (Lipinski definition) is 4. The molecule has 1 N–H and O–H groups in total. The summed E-state index contributed by atoms with van der Waals surface area (Å²) in [5.41, 5.74) is 4.06. The molecule has 0 fully saturated rings. The fourth-order valence-electron chi connectivity index (χ4n) is 2.06. The highest BCUT2D eigenvalue weighted by Gasteiger charge is 2.24. The number of nitrogens with one attached hydrogen (secondary N) is 1. The smallest absolute Gasteiger partial charge is 0.174 e. The van der Waals surface area contributed by atoms with Crippen molar-refractivity contribution in [2.24, 2.45) is 0 Å². The van der Waals surface area contributed by atoms with Crippen molar-refractivity contribution in [1.29, 1.82) is 0 Å². The molecule has 1 aromatic carbocycles. The molecule has 0 saturated carbocycles. The Morgan fingerprint density at radius 1 is 1.44 bits per heavy atom. The summed E-state index contributed by atoms with van der Waals surface area (Å²) in [6, 6.07) is 5.89. The quantitative estimate of drug-likeness (QED) is 0.795. The Hall–Kier alpha value is -1.97. The summed E-state index contributed by atoms with van der Waals surface area (Å²) in [4.78, 5) is 0. The Morgan fingerprint density at radius 3 is 3.12 bits per heavy atom. The van der Waals surface area contributed by atoms with Gasteiger partial charge in [0.2, 0.25) is 0 Å². The van der Waals surface area contributed by atoms with Crippen LogP contribution in [-0.2, 0) is 6.54 Å². The van der Waals surface area contributed by atoms with Crippen LogP contribution < -0.4 is 10.1 Å². The van der Waals surface area contributed by atoms with Crippen molar-refractivity contribution in [2.45, 2.75) is 13.5 Å². The molecule has 2 aromatic rings. The average molecular weight is 216 g/mol. The minimum Gasteiger partial charge on any atom is -0.495 e. The van der Waals surface area contributed by atoms with Crippen LogP contribution in [0.4, 0.5) is 5.69 Å². The molecule has 0 amide bonds. The highest BCUT2D eigenvalue weighted by molar-refractivity contribution is 5.83. The first-order chi connectivity index (χ1) is 7.81. The fourth-order valence-corrected chi connectivity index (χ4v) is 2.06. The van der Waals surface area contributed by atoms with Crippen LogP contribution in [-0.4, -0.2) is 12.3 Å². The number of methoxy groups -OCH3 is 1. The van der Waals surface area contributed by atoms with Crippen LogP contribution in [0.25, 0.3) is 11.3 Å². The largest absolute Gasteiger partial charge is 0.495 e. The van der Waals surface area contributed by atoms with E-state index in [0.717, 1.165) is 40.6 Å². The molecule has 4 nitrogen and oxygen atoms in total. The van der Waals surface area contributed by atoms with E-state index in [0.29, 0.717) is 0 Å². The van der Waals surface area contributed by atoms with Gasteiger partial charge < -0.3 is 14.6 Å². The molecule has 82 valence electrons. The van der Waals surface area contributed by atoms with Crippen LogP contribution in [0.15, 0.2) is 22.7 Å². The van der Waals surface area contributed by atoms with Crippen molar-refractivity contribution >= 4 is 5.69 Å². The Labute approximate surface area is 93.2 Å². The zero-order chi connectivity index (χ0) is 11.1. The van der Waals surface area contributed by atoms with Crippen LogP contribution in [0, 0.1) is 6.92 Å². The van der Waals surface area contributed by atoms with Crippen molar-refractivity contribution in [3.63, 3.8) is 0 Å². The normalized spacial score (nSPS) is 12.6. The zero-order valence-corrected chi connectivity index (χ0v) is 9.20. The Balaban J connectivity index is 2.25. The number of ether oxygens (including phenoxy) is 1. The predicted octanol–water partition coefficient (Wildman–Crippen LogP) is 2.58. The number of para-hydroxylation sites is 1. The second-order valence-electron chi connectivity index (χ2n) is 3.81. The molecule has 0 saturated heterocycles. The van der Waals surface area contributed by atoms with E-state index < -0.39 is 0 Å². The molecule has 0 aliphatic carbocycles. The van der Waals surface area contributed by atoms with E-state index in [-0.39, 0.29) is 0 Å². The summed E-state index contributed by atoms with van der Waals surface area (Å²) in [7, 11) is 1.67. The number of benzene rings is 1. The van der Waals surface area contributed by atoms with E-state index in [1.807, 2.05) is 25.1 Å². The lowest BCUT2D eigenvalue weighted by Crippen LogP contribution is -2.09. The number of hydrogen-bond donors (Lipinski definition) is 1. The third kappa shape index (κ3) is 1.13. The van der Waals surface area contributed by atoms with E-state index in [9.17, 15) is 0 Å². The van der Waals surface area contributed by atoms with E-state index in [1.165, 1.54) is 0 Å². The second-order valence-corrected chi connectivity index (χ2v) is 3.81. The number of rotatable bonds is 1. The van der Waals surface area contributed by atoms with E-state index in [1.54, 1.807) is 7.11 Å². The molecule has 3 rings (SSSR count). The minimum atomic E-state index is 0.734. The van der Waals surface area contributed by atoms with Crippen molar-refractivity contribution in [1.82, 2.24) is 5.16 Å². The zero-order valence-electron chi connectivity index (χ0n) is 9.20. The SMILES string of the molecule is COc1cccc2c1NCc1c(C)noc1-2. The standard InChI is InChI=1S/C12H12N2O2/c1-7-9-6-13-11-8(12(9)16-14-7)4-3-5-10(11)15-2/h3-5,13H,6H2,1-2H3. The Morgan fingerprint density at radius 2 is 2.31 bits per heavy atom. The van der Waals surface area contributed by atoms with Crippen molar-refractivity contribution < 1.29 is 9.26 Å². The number of fused-ring (bicyclic) bond motifs is 3. The molecular weight excluding hydrogens is 204 g/mol. The summed E-state index contributed by atoms with van der Waals surface area (Å²) in [6.07, 6.45) is 0. The van der Waals surface area contributed by atoms with Crippen LogP contribution >= 0.6 is 0 Å². The van der Waals surface area contributed by atoms with Gasteiger partial charge in [-0.3, -0.25) is 0 Å². The van der Waals surface area contributed by atoms with Crippen molar-refractivity contribution in [3.8, 4) is 17.1 Å². The molecule has 0 radical (unpaired) electrons. The highest BCUT2D eigenvalue weighted by Crippen LogP contribution is 2.41. The first-order valence-corrected chi connectivity index (χ1v) is 5.17. The maximum atomic E-state index is 5.37. The monoisotopic (exact) mass is 216 g/mol. The van der Waals surface area contributed by atoms with Gasteiger partial charge in [0, 0.05) is 17.7 Å². The maximum Gasteiger partial charge on any atom is 0.174 e. The second kappa shape index (κ2) is 3.27. The van der Waals surface area contributed by atoms with Crippen LogP contribution in [0.3, 0.4) is 0 Å². The van der Waals surface area contributed by atoms with Crippen LogP contribution in [0.1, 0.15) is 11.3 Å². The summed E-state index contributed by atoms with van der Waals surface area (Å²) >= 11 is 0. The lowest BCUT2D eigenvalue weighted by Gasteiger charge is -2.19. The molecule has 0 atom stereocenters. The molecule has 0 unspecified atom stereocenters. The van der Waals surface area contributed by atoms with E-state index in [4.69, 9.17) is 9.26 Å². The van der Waals surface area contributed by atoms with E-state index >= 15 is 0 Å². The van der Waals surface area contributed by atoms with Crippen molar-refractivity contribution in [3.05, 3.63) is 29.5 Å². The molecule has 16 heavy (non-hydrogen) atoms. The Kier molecular flexibility index (Phi) is 1.89.